The van der Waals surface area contributed by atoms with Gasteiger partial charge < -0.3 is 4.74 Å². The van der Waals surface area contributed by atoms with Gasteiger partial charge in [0.1, 0.15) is 11.4 Å². The van der Waals surface area contributed by atoms with Crippen LogP contribution in [0.3, 0.4) is 0 Å². The summed E-state index contributed by atoms with van der Waals surface area (Å²) in [5, 5.41) is 3.73. The van der Waals surface area contributed by atoms with Crippen LogP contribution in [-0.2, 0) is 4.79 Å². The fourth-order valence-corrected chi connectivity index (χ4v) is 5.94. The number of aliphatic imine (C=N–C) groups is 1. The lowest BCUT2D eigenvalue weighted by molar-refractivity contribution is -0.113. The van der Waals surface area contributed by atoms with Gasteiger partial charge in [0, 0.05) is 10.1 Å². The van der Waals surface area contributed by atoms with E-state index in [2.05, 4.69) is 18.2 Å². The van der Waals surface area contributed by atoms with Gasteiger partial charge in [0.25, 0.3) is 5.91 Å². The minimum atomic E-state index is -0.199. The van der Waals surface area contributed by atoms with Crippen LogP contribution >= 0.6 is 22.9 Å². The molecule has 176 valence electrons. The third-order valence-corrected chi connectivity index (χ3v) is 7.79. The number of hydrogen-bond donors (Lipinski definition) is 0. The number of amidine groups is 1. The summed E-state index contributed by atoms with van der Waals surface area (Å²) in [6.07, 6.45) is 1.86. The van der Waals surface area contributed by atoms with Crippen LogP contribution in [0, 0.1) is 0 Å². The van der Waals surface area contributed by atoms with Crippen molar-refractivity contribution in [2.45, 2.75) is 6.92 Å². The second kappa shape index (κ2) is 9.26. The Hall–Kier alpha value is -3.93. The molecule has 1 amide bonds. The van der Waals surface area contributed by atoms with Crippen molar-refractivity contribution in [3.05, 3.63) is 112 Å². The maximum absolute atomic E-state index is 13.8. The lowest BCUT2D eigenvalue weighted by Crippen LogP contribution is -2.32. The van der Waals surface area contributed by atoms with E-state index in [-0.39, 0.29) is 5.91 Å². The highest BCUT2D eigenvalue weighted by molar-refractivity contribution is 7.21. The van der Waals surface area contributed by atoms with E-state index in [9.17, 15) is 4.79 Å². The fraction of sp³-hybridized carbons (Fsp3) is 0.0667. The Morgan fingerprint density at radius 1 is 0.917 bits per heavy atom. The number of halogens is 1. The van der Waals surface area contributed by atoms with Crippen LogP contribution in [0.15, 0.2) is 102 Å². The van der Waals surface area contributed by atoms with E-state index in [1.807, 2.05) is 85.8 Å². The van der Waals surface area contributed by atoms with Gasteiger partial charge in [-0.2, -0.15) is 0 Å². The van der Waals surface area contributed by atoms with Gasteiger partial charge >= 0.3 is 0 Å². The highest BCUT2D eigenvalue weighted by atomic mass is 35.5. The van der Waals surface area contributed by atoms with Gasteiger partial charge in [-0.05, 0) is 59.7 Å². The highest BCUT2D eigenvalue weighted by Crippen LogP contribution is 2.39. The van der Waals surface area contributed by atoms with Gasteiger partial charge in [-0.25, -0.2) is 4.99 Å². The lowest BCUT2D eigenvalue weighted by Gasteiger charge is -2.18. The van der Waals surface area contributed by atoms with Crippen molar-refractivity contribution in [3.63, 3.8) is 0 Å². The van der Waals surface area contributed by atoms with Crippen molar-refractivity contribution in [2.24, 2.45) is 4.99 Å². The molecule has 36 heavy (non-hydrogen) atoms. The quantitative estimate of drug-likeness (QED) is 0.226. The zero-order valence-electron chi connectivity index (χ0n) is 19.4. The number of nitrogens with zero attached hydrogens (tertiary/aromatic N) is 2. The molecule has 6 rings (SSSR count). The molecular formula is C30H21ClN2O2S. The number of rotatable bonds is 5. The molecular weight excluding hydrogens is 488 g/mol. The number of hydrogen-bond acceptors (Lipinski definition) is 4. The zero-order chi connectivity index (χ0) is 24.6. The fourth-order valence-electron chi connectivity index (χ4n) is 4.45. The second-order valence-electron chi connectivity index (χ2n) is 8.34. The Bertz CT molecular complexity index is 1680. The average Bonchev–Trinajstić information content (AvgIpc) is 3.41. The first kappa shape index (κ1) is 22.5. The van der Waals surface area contributed by atoms with Crippen LogP contribution in [-0.4, -0.2) is 18.3 Å². The Labute approximate surface area is 217 Å². The van der Waals surface area contributed by atoms with Gasteiger partial charge in [-0.1, -0.05) is 72.3 Å². The van der Waals surface area contributed by atoms with E-state index >= 15 is 0 Å². The van der Waals surface area contributed by atoms with Gasteiger partial charge in [0.2, 0.25) is 0 Å². The van der Waals surface area contributed by atoms with E-state index in [1.165, 1.54) is 11.3 Å². The molecule has 4 nitrogen and oxygen atoms in total. The van der Waals surface area contributed by atoms with Gasteiger partial charge in [-0.3, -0.25) is 9.69 Å². The van der Waals surface area contributed by atoms with Crippen molar-refractivity contribution in [1.29, 1.82) is 0 Å². The highest BCUT2D eigenvalue weighted by Gasteiger charge is 2.35. The summed E-state index contributed by atoms with van der Waals surface area (Å²) in [6, 6.07) is 29.6. The monoisotopic (exact) mass is 508 g/mol. The molecule has 2 heterocycles. The standard InChI is InChI=1S/C30H21ClN2O2S/c1-2-35-22-16-14-21(15-17-22)33-29(28-27(31)24-12-5-6-13-26(24)36-28)32-25(30(33)34)18-20-10-7-9-19-8-3-4-11-23(19)20/h3-18H,2H2,1H3/b25-18+. The molecule has 1 aliphatic heterocycles. The molecule has 0 saturated carbocycles. The maximum Gasteiger partial charge on any atom is 0.282 e. The molecule has 0 saturated heterocycles. The summed E-state index contributed by atoms with van der Waals surface area (Å²) in [5.74, 6) is 1.08. The molecule has 0 fully saturated rings. The topological polar surface area (TPSA) is 41.9 Å². The van der Waals surface area contributed by atoms with Crippen molar-refractivity contribution < 1.29 is 9.53 Å². The number of thiophene rings is 1. The minimum Gasteiger partial charge on any atom is -0.494 e. The van der Waals surface area contributed by atoms with Crippen LogP contribution < -0.4 is 9.64 Å². The molecule has 0 bridgehead atoms. The van der Waals surface area contributed by atoms with Crippen LogP contribution in [0.2, 0.25) is 5.02 Å². The molecule has 0 unspecified atom stereocenters. The zero-order valence-corrected chi connectivity index (χ0v) is 21.0. The largest absolute Gasteiger partial charge is 0.494 e. The van der Waals surface area contributed by atoms with Crippen LogP contribution in [0.1, 0.15) is 17.4 Å². The lowest BCUT2D eigenvalue weighted by atomic mass is 10.0. The average molecular weight is 509 g/mol. The molecule has 0 N–H and O–H groups in total. The SMILES string of the molecule is CCOc1ccc(N2C(=O)/C(=C\c3cccc4ccccc34)N=C2c2sc3ccccc3c2Cl)cc1. The molecule has 0 atom stereocenters. The molecule has 0 aliphatic carbocycles. The Morgan fingerprint density at radius 3 is 2.42 bits per heavy atom. The molecule has 1 aliphatic rings. The van der Waals surface area contributed by atoms with E-state index in [4.69, 9.17) is 21.3 Å². The summed E-state index contributed by atoms with van der Waals surface area (Å²) in [7, 11) is 0. The molecule has 0 radical (unpaired) electrons. The molecule has 6 heteroatoms. The van der Waals surface area contributed by atoms with Crippen LogP contribution in [0.5, 0.6) is 5.75 Å². The van der Waals surface area contributed by atoms with Crippen LogP contribution in [0.4, 0.5) is 5.69 Å². The first-order chi connectivity index (χ1) is 17.6. The summed E-state index contributed by atoms with van der Waals surface area (Å²) >= 11 is 8.38. The van der Waals surface area contributed by atoms with Crippen molar-refractivity contribution in [2.75, 3.05) is 11.5 Å². The van der Waals surface area contributed by atoms with E-state index < -0.39 is 0 Å². The van der Waals surface area contributed by atoms with Crippen molar-refractivity contribution >= 4 is 67.3 Å². The number of ether oxygens (including phenoxy) is 1. The first-order valence-corrected chi connectivity index (χ1v) is 12.9. The van der Waals surface area contributed by atoms with E-state index in [0.717, 1.165) is 37.0 Å². The predicted octanol–water partition coefficient (Wildman–Crippen LogP) is 7.94. The molecule has 0 spiro atoms. The molecule has 1 aromatic heterocycles. The number of amides is 1. The van der Waals surface area contributed by atoms with Crippen molar-refractivity contribution in [1.82, 2.24) is 0 Å². The predicted molar refractivity (Wildman–Crippen MR) is 150 cm³/mol. The second-order valence-corrected chi connectivity index (χ2v) is 9.77. The normalized spacial score (nSPS) is 14.7. The number of fused-ring (bicyclic) bond motifs is 2. The molecule has 5 aromatic rings. The van der Waals surface area contributed by atoms with Gasteiger partial charge in [-0.15, -0.1) is 11.3 Å². The molecule has 4 aromatic carbocycles. The number of benzene rings is 4. The number of anilines is 1. The maximum atomic E-state index is 13.8. The van der Waals surface area contributed by atoms with E-state index in [1.54, 1.807) is 4.90 Å². The third kappa shape index (κ3) is 3.87. The Balaban J connectivity index is 1.52. The Morgan fingerprint density at radius 2 is 1.64 bits per heavy atom. The minimum absolute atomic E-state index is 0.199. The summed E-state index contributed by atoms with van der Waals surface area (Å²) in [5.41, 5.74) is 2.01. The van der Waals surface area contributed by atoms with Gasteiger partial charge in [0.05, 0.1) is 22.2 Å². The summed E-state index contributed by atoms with van der Waals surface area (Å²) < 4.78 is 6.64. The summed E-state index contributed by atoms with van der Waals surface area (Å²) in [4.78, 5) is 21.1. The third-order valence-electron chi connectivity index (χ3n) is 6.12. The van der Waals surface area contributed by atoms with Crippen molar-refractivity contribution in [3.8, 4) is 5.75 Å². The number of carbonyl (C=O) groups excluding carboxylic acids is 1. The summed E-state index contributed by atoms with van der Waals surface area (Å²) in [6.45, 7) is 2.51. The van der Waals surface area contributed by atoms with Gasteiger partial charge in [0.15, 0.2) is 5.84 Å². The first-order valence-electron chi connectivity index (χ1n) is 11.7. The number of carbonyl (C=O) groups is 1. The van der Waals surface area contributed by atoms with Crippen LogP contribution in [0.25, 0.3) is 26.9 Å². The Kier molecular flexibility index (Phi) is 5.80. The van der Waals surface area contributed by atoms with E-state index in [0.29, 0.717) is 28.8 Å². The smallest absolute Gasteiger partial charge is 0.282 e.